The van der Waals surface area contributed by atoms with Gasteiger partial charge in [0.05, 0.1) is 18.7 Å². The van der Waals surface area contributed by atoms with E-state index in [1.165, 1.54) is 12.1 Å². The number of hydrogen-bond donors (Lipinski definition) is 1. The van der Waals surface area contributed by atoms with E-state index in [1.807, 2.05) is 13.8 Å². The first-order valence-corrected chi connectivity index (χ1v) is 5.66. The number of ether oxygens (including phenoxy) is 1. The topological polar surface area (TPSA) is 45.0 Å². The molecule has 0 aliphatic heterocycles. The smallest absolute Gasteiger partial charge is 0.123 e. The van der Waals surface area contributed by atoms with Crippen LogP contribution in [0.1, 0.15) is 20.3 Å². The lowest BCUT2D eigenvalue weighted by Crippen LogP contribution is -2.34. The molecule has 0 aromatic heterocycles. The molecule has 1 aromatic rings. The quantitative estimate of drug-likeness (QED) is 0.825. The fourth-order valence-electron chi connectivity index (χ4n) is 1.41. The summed E-state index contributed by atoms with van der Waals surface area (Å²) >= 11 is 0. The van der Waals surface area contributed by atoms with Crippen molar-refractivity contribution in [1.82, 2.24) is 5.32 Å². The summed E-state index contributed by atoms with van der Waals surface area (Å²) < 4.78 is 18.0. The molecule has 0 bridgehead atoms. The van der Waals surface area contributed by atoms with Gasteiger partial charge in [0.2, 0.25) is 0 Å². The highest BCUT2D eigenvalue weighted by atomic mass is 19.1. The van der Waals surface area contributed by atoms with Gasteiger partial charge in [-0.05, 0) is 38.1 Å². The number of nitrogens with zero attached hydrogens (tertiary/aromatic N) is 1. The van der Waals surface area contributed by atoms with Crippen molar-refractivity contribution in [3.05, 3.63) is 30.1 Å². The Bertz CT molecular complexity index is 370. The van der Waals surface area contributed by atoms with Gasteiger partial charge < -0.3 is 4.74 Å². The van der Waals surface area contributed by atoms with Gasteiger partial charge in [-0.1, -0.05) is 0 Å². The molecule has 17 heavy (non-hydrogen) atoms. The summed E-state index contributed by atoms with van der Waals surface area (Å²) in [5.41, 5.74) is 0. The average Bonchev–Trinajstić information content (AvgIpc) is 2.30. The van der Waals surface area contributed by atoms with Crippen molar-refractivity contribution in [3.8, 4) is 11.8 Å². The van der Waals surface area contributed by atoms with E-state index in [1.54, 1.807) is 12.1 Å². The van der Waals surface area contributed by atoms with Crippen LogP contribution in [0, 0.1) is 17.1 Å². The lowest BCUT2D eigenvalue weighted by molar-refractivity contribution is 0.294. The van der Waals surface area contributed by atoms with Crippen LogP contribution in [0.25, 0.3) is 0 Å². The van der Waals surface area contributed by atoms with Crippen molar-refractivity contribution in [1.29, 1.82) is 5.26 Å². The second-order valence-corrected chi connectivity index (χ2v) is 4.09. The molecule has 1 atom stereocenters. The summed E-state index contributed by atoms with van der Waals surface area (Å²) in [4.78, 5) is 0. The maximum absolute atomic E-state index is 12.6. The molecule has 3 nitrogen and oxygen atoms in total. The zero-order valence-electron chi connectivity index (χ0n) is 10.1. The first-order valence-electron chi connectivity index (χ1n) is 5.66. The fourth-order valence-corrected chi connectivity index (χ4v) is 1.41. The Morgan fingerprint density at radius 1 is 1.35 bits per heavy atom. The summed E-state index contributed by atoms with van der Waals surface area (Å²) in [7, 11) is 0. The predicted molar refractivity (Wildman–Crippen MR) is 64.2 cm³/mol. The minimum Gasteiger partial charge on any atom is -0.493 e. The Labute approximate surface area is 101 Å². The molecule has 0 saturated carbocycles. The van der Waals surface area contributed by atoms with Crippen LogP contribution in [-0.4, -0.2) is 18.7 Å². The number of benzene rings is 1. The molecule has 0 aliphatic carbocycles. The monoisotopic (exact) mass is 236 g/mol. The van der Waals surface area contributed by atoms with E-state index >= 15 is 0 Å². The standard InChI is InChI=1S/C13H17FN2O/c1-10(2)16-12(9-15)7-8-17-13-5-3-11(14)4-6-13/h3-6,10,12,16H,7-8H2,1-2H3. The number of nitriles is 1. The van der Waals surface area contributed by atoms with Crippen LogP contribution in [0.4, 0.5) is 4.39 Å². The van der Waals surface area contributed by atoms with Crippen LogP contribution >= 0.6 is 0 Å². The Kier molecular flexibility index (Phi) is 5.44. The van der Waals surface area contributed by atoms with Crippen LogP contribution in [-0.2, 0) is 0 Å². The van der Waals surface area contributed by atoms with Crippen LogP contribution in [0.5, 0.6) is 5.75 Å². The zero-order chi connectivity index (χ0) is 12.7. The number of halogens is 1. The lowest BCUT2D eigenvalue weighted by Gasteiger charge is -2.14. The van der Waals surface area contributed by atoms with Crippen molar-refractivity contribution >= 4 is 0 Å². The Balaban J connectivity index is 2.31. The van der Waals surface area contributed by atoms with Gasteiger partial charge in [0.1, 0.15) is 11.6 Å². The molecule has 1 unspecified atom stereocenters. The van der Waals surface area contributed by atoms with E-state index in [2.05, 4.69) is 11.4 Å². The first-order chi connectivity index (χ1) is 8.11. The van der Waals surface area contributed by atoms with Crippen molar-refractivity contribution < 1.29 is 9.13 Å². The Morgan fingerprint density at radius 2 is 2.00 bits per heavy atom. The van der Waals surface area contributed by atoms with Gasteiger partial charge in [0, 0.05) is 12.5 Å². The van der Waals surface area contributed by atoms with Gasteiger partial charge in [-0.2, -0.15) is 5.26 Å². The van der Waals surface area contributed by atoms with Gasteiger partial charge in [-0.3, -0.25) is 5.32 Å². The molecule has 0 saturated heterocycles. The lowest BCUT2D eigenvalue weighted by atomic mass is 10.2. The van der Waals surface area contributed by atoms with Gasteiger partial charge in [-0.15, -0.1) is 0 Å². The van der Waals surface area contributed by atoms with Crippen LogP contribution < -0.4 is 10.1 Å². The summed E-state index contributed by atoms with van der Waals surface area (Å²) in [6.07, 6.45) is 0.603. The summed E-state index contributed by atoms with van der Waals surface area (Å²) in [5, 5.41) is 12.0. The Hall–Kier alpha value is -1.60. The third kappa shape index (κ3) is 5.32. The van der Waals surface area contributed by atoms with Gasteiger partial charge in [0.25, 0.3) is 0 Å². The van der Waals surface area contributed by atoms with Crippen LogP contribution in [0.2, 0.25) is 0 Å². The molecule has 0 aliphatic rings. The summed E-state index contributed by atoms with van der Waals surface area (Å²) in [6, 6.07) is 8.09. The van der Waals surface area contributed by atoms with Crippen molar-refractivity contribution in [3.63, 3.8) is 0 Å². The third-order valence-electron chi connectivity index (χ3n) is 2.18. The molecule has 1 rings (SSSR count). The van der Waals surface area contributed by atoms with Crippen LogP contribution in [0.15, 0.2) is 24.3 Å². The highest BCUT2D eigenvalue weighted by molar-refractivity contribution is 5.22. The maximum Gasteiger partial charge on any atom is 0.123 e. The first kappa shape index (κ1) is 13.5. The van der Waals surface area contributed by atoms with Gasteiger partial charge in [0.15, 0.2) is 0 Å². The minimum absolute atomic E-state index is 0.213. The van der Waals surface area contributed by atoms with E-state index in [0.29, 0.717) is 18.8 Å². The largest absolute Gasteiger partial charge is 0.493 e. The molecule has 4 heteroatoms. The SMILES string of the molecule is CC(C)NC(C#N)CCOc1ccc(F)cc1. The normalized spacial score (nSPS) is 12.2. The molecule has 92 valence electrons. The van der Waals surface area contributed by atoms with E-state index in [-0.39, 0.29) is 17.9 Å². The summed E-state index contributed by atoms with van der Waals surface area (Å²) in [6.45, 7) is 4.42. The maximum atomic E-state index is 12.6. The Morgan fingerprint density at radius 3 is 2.53 bits per heavy atom. The second-order valence-electron chi connectivity index (χ2n) is 4.09. The van der Waals surface area contributed by atoms with E-state index < -0.39 is 0 Å². The predicted octanol–water partition coefficient (Wildman–Crippen LogP) is 2.48. The molecule has 0 amide bonds. The highest BCUT2D eigenvalue weighted by Gasteiger charge is 2.08. The van der Waals surface area contributed by atoms with Crippen molar-refractivity contribution in [2.24, 2.45) is 0 Å². The van der Waals surface area contributed by atoms with Gasteiger partial charge in [-0.25, -0.2) is 4.39 Å². The molecule has 0 heterocycles. The average molecular weight is 236 g/mol. The molecule has 1 aromatic carbocycles. The van der Waals surface area contributed by atoms with Crippen molar-refractivity contribution in [2.45, 2.75) is 32.4 Å². The second kappa shape index (κ2) is 6.87. The van der Waals surface area contributed by atoms with E-state index in [4.69, 9.17) is 10.00 Å². The number of hydrogen-bond acceptors (Lipinski definition) is 3. The fraction of sp³-hybridized carbons (Fsp3) is 0.462. The van der Waals surface area contributed by atoms with Crippen molar-refractivity contribution in [2.75, 3.05) is 6.61 Å². The highest BCUT2D eigenvalue weighted by Crippen LogP contribution is 2.11. The van der Waals surface area contributed by atoms with E-state index in [9.17, 15) is 4.39 Å². The molecular formula is C13H17FN2O. The van der Waals surface area contributed by atoms with Crippen LogP contribution in [0.3, 0.4) is 0 Å². The third-order valence-corrected chi connectivity index (χ3v) is 2.18. The minimum atomic E-state index is -0.284. The molecule has 0 fully saturated rings. The zero-order valence-corrected chi connectivity index (χ0v) is 10.1. The number of nitrogens with one attached hydrogen (secondary N) is 1. The summed E-state index contributed by atoms with van der Waals surface area (Å²) in [5.74, 6) is 0.335. The molecule has 1 N–H and O–H groups in total. The molecule has 0 radical (unpaired) electrons. The number of rotatable bonds is 6. The van der Waals surface area contributed by atoms with E-state index in [0.717, 1.165) is 0 Å². The molecular weight excluding hydrogens is 219 g/mol. The molecule has 0 spiro atoms. The van der Waals surface area contributed by atoms with Gasteiger partial charge >= 0.3 is 0 Å².